The van der Waals surface area contributed by atoms with Crippen LogP contribution in [-0.2, 0) is 11.2 Å². The van der Waals surface area contributed by atoms with Crippen LogP contribution in [0.15, 0.2) is 24.3 Å². The maximum absolute atomic E-state index is 9.58. The Morgan fingerprint density at radius 1 is 0.895 bits per heavy atom. The third-order valence-corrected chi connectivity index (χ3v) is 3.04. The number of aryl methyl sites for hydroxylation is 1. The van der Waals surface area contributed by atoms with Gasteiger partial charge in [0, 0.05) is 14.2 Å². The molecule has 0 heterocycles. The minimum atomic E-state index is 0.452. The average Bonchev–Trinajstić information content (AvgIpc) is 2.41. The molecule has 0 bridgehead atoms. The quantitative estimate of drug-likeness (QED) is 0.675. The molecule has 0 unspecified atom stereocenters. The molecule has 0 aliphatic rings. The number of unbranched alkanes of at least 4 members (excludes halogenated alkanes) is 6. The van der Waals surface area contributed by atoms with Gasteiger partial charge in [0.25, 0.3) is 0 Å². The van der Waals surface area contributed by atoms with Crippen molar-refractivity contribution in [3.8, 4) is 5.75 Å². The molecule has 1 aromatic rings. The van der Waals surface area contributed by atoms with Crippen LogP contribution in [0.1, 0.15) is 57.4 Å². The minimum Gasteiger partial charge on any atom is -0.508 e. The second-order valence-corrected chi connectivity index (χ2v) is 4.91. The standard InChI is InChI=1S/C15H24O.C2H6O/c1-2-3-4-5-6-7-8-11-14-12-9-10-13-15(14)16;1-3-2/h9-10,12-13,16H,2-8,11H2,1H3;1-2H3. The minimum absolute atomic E-state index is 0.452. The summed E-state index contributed by atoms with van der Waals surface area (Å²) in [5.41, 5.74) is 1.09. The molecule has 0 saturated heterocycles. The number of ether oxygens (including phenoxy) is 1. The summed E-state index contributed by atoms with van der Waals surface area (Å²) in [5.74, 6) is 0.452. The van der Waals surface area contributed by atoms with Crippen molar-refractivity contribution in [2.24, 2.45) is 0 Å². The van der Waals surface area contributed by atoms with Crippen LogP contribution >= 0.6 is 0 Å². The fourth-order valence-electron chi connectivity index (χ4n) is 1.99. The van der Waals surface area contributed by atoms with Gasteiger partial charge in [-0.05, 0) is 24.5 Å². The van der Waals surface area contributed by atoms with Gasteiger partial charge in [-0.1, -0.05) is 63.6 Å². The molecule has 0 aromatic heterocycles. The summed E-state index contributed by atoms with van der Waals surface area (Å²) in [5, 5.41) is 9.58. The second kappa shape index (κ2) is 13.4. The lowest BCUT2D eigenvalue weighted by molar-refractivity contribution is 0.277. The molecule has 2 nitrogen and oxygen atoms in total. The van der Waals surface area contributed by atoms with E-state index in [1.54, 1.807) is 20.3 Å². The van der Waals surface area contributed by atoms with Crippen LogP contribution in [0.2, 0.25) is 0 Å². The van der Waals surface area contributed by atoms with E-state index < -0.39 is 0 Å². The van der Waals surface area contributed by atoms with Gasteiger partial charge in [-0.2, -0.15) is 0 Å². The molecule has 2 heteroatoms. The van der Waals surface area contributed by atoms with Crippen LogP contribution in [0, 0.1) is 0 Å². The van der Waals surface area contributed by atoms with Gasteiger partial charge in [-0.3, -0.25) is 0 Å². The zero-order valence-electron chi connectivity index (χ0n) is 12.8. The lowest BCUT2D eigenvalue weighted by Gasteiger charge is -2.04. The first-order chi connectivity index (χ1) is 9.26. The Morgan fingerprint density at radius 3 is 2.00 bits per heavy atom. The van der Waals surface area contributed by atoms with E-state index in [9.17, 15) is 5.11 Å². The summed E-state index contributed by atoms with van der Waals surface area (Å²) >= 11 is 0. The Morgan fingerprint density at radius 2 is 1.42 bits per heavy atom. The molecule has 0 radical (unpaired) electrons. The van der Waals surface area contributed by atoms with Crippen molar-refractivity contribution in [1.29, 1.82) is 0 Å². The number of para-hydroxylation sites is 1. The maximum Gasteiger partial charge on any atom is 0.118 e. The third kappa shape index (κ3) is 10.6. The lowest BCUT2D eigenvalue weighted by atomic mass is 10.0. The monoisotopic (exact) mass is 266 g/mol. The number of phenols is 1. The topological polar surface area (TPSA) is 29.5 Å². The summed E-state index contributed by atoms with van der Waals surface area (Å²) in [7, 11) is 3.25. The number of phenolic OH excluding ortho intramolecular Hbond substituents is 1. The molecule has 0 spiro atoms. The Kier molecular flexibility index (Phi) is 12.7. The molecule has 110 valence electrons. The van der Waals surface area contributed by atoms with Gasteiger partial charge in [0.1, 0.15) is 5.75 Å². The summed E-state index contributed by atoms with van der Waals surface area (Å²) in [6.07, 6.45) is 10.3. The predicted octanol–water partition coefficient (Wildman–Crippen LogP) is 4.95. The molecule has 0 atom stereocenters. The molecule has 0 amide bonds. The molecule has 0 aliphatic carbocycles. The largest absolute Gasteiger partial charge is 0.508 e. The highest BCUT2D eigenvalue weighted by Crippen LogP contribution is 2.18. The van der Waals surface area contributed by atoms with E-state index in [1.165, 1.54) is 44.9 Å². The average molecular weight is 266 g/mol. The number of aromatic hydroxyl groups is 1. The molecular weight excluding hydrogens is 236 g/mol. The van der Waals surface area contributed by atoms with Crippen LogP contribution in [0.4, 0.5) is 0 Å². The van der Waals surface area contributed by atoms with Gasteiger partial charge in [-0.15, -0.1) is 0 Å². The highest BCUT2D eigenvalue weighted by molar-refractivity contribution is 5.31. The van der Waals surface area contributed by atoms with E-state index in [0.29, 0.717) is 5.75 Å². The van der Waals surface area contributed by atoms with Crippen molar-refractivity contribution in [2.45, 2.75) is 58.3 Å². The van der Waals surface area contributed by atoms with E-state index in [4.69, 9.17) is 0 Å². The molecule has 1 rings (SSSR count). The van der Waals surface area contributed by atoms with Gasteiger partial charge in [0.2, 0.25) is 0 Å². The zero-order chi connectivity index (χ0) is 14.3. The van der Waals surface area contributed by atoms with Crippen LogP contribution in [0.3, 0.4) is 0 Å². The number of hydrogen-bond acceptors (Lipinski definition) is 2. The summed E-state index contributed by atoms with van der Waals surface area (Å²) in [6, 6.07) is 7.67. The van der Waals surface area contributed by atoms with Crippen molar-refractivity contribution in [3.63, 3.8) is 0 Å². The Labute approximate surface area is 118 Å². The van der Waals surface area contributed by atoms with Crippen LogP contribution in [-0.4, -0.2) is 19.3 Å². The molecular formula is C17H30O2. The molecule has 1 N–H and O–H groups in total. The van der Waals surface area contributed by atoms with Crippen molar-refractivity contribution in [2.75, 3.05) is 14.2 Å². The highest BCUT2D eigenvalue weighted by atomic mass is 16.4. The Hall–Kier alpha value is -1.02. The fourth-order valence-corrected chi connectivity index (χ4v) is 1.99. The highest BCUT2D eigenvalue weighted by Gasteiger charge is 1.98. The third-order valence-electron chi connectivity index (χ3n) is 3.04. The second-order valence-electron chi connectivity index (χ2n) is 4.91. The Balaban J connectivity index is 0.000000982. The smallest absolute Gasteiger partial charge is 0.118 e. The lowest BCUT2D eigenvalue weighted by Crippen LogP contribution is -1.87. The number of rotatable bonds is 8. The van der Waals surface area contributed by atoms with E-state index in [1.807, 2.05) is 18.2 Å². The molecule has 0 fully saturated rings. The van der Waals surface area contributed by atoms with Crippen LogP contribution in [0.5, 0.6) is 5.75 Å². The molecule has 0 saturated carbocycles. The van der Waals surface area contributed by atoms with Crippen molar-refractivity contribution < 1.29 is 9.84 Å². The van der Waals surface area contributed by atoms with Gasteiger partial charge in [0.15, 0.2) is 0 Å². The van der Waals surface area contributed by atoms with Crippen LogP contribution < -0.4 is 0 Å². The first-order valence-electron chi connectivity index (χ1n) is 7.43. The first-order valence-corrected chi connectivity index (χ1v) is 7.43. The van der Waals surface area contributed by atoms with E-state index in [-0.39, 0.29) is 0 Å². The van der Waals surface area contributed by atoms with Gasteiger partial charge >= 0.3 is 0 Å². The van der Waals surface area contributed by atoms with Gasteiger partial charge in [-0.25, -0.2) is 0 Å². The predicted molar refractivity (Wildman–Crippen MR) is 82.7 cm³/mol. The summed E-state index contributed by atoms with van der Waals surface area (Å²) in [4.78, 5) is 0. The van der Waals surface area contributed by atoms with Crippen LogP contribution in [0.25, 0.3) is 0 Å². The van der Waals surface area contributed by atoms with E-state index in [2.05, 4.69) is 11.7 Å². The number of methoxy groups -OCH3 is 1. The van der Waals surface area contributed by atoms with E-state index >= 15 is 0 Å². The van der Waals surface area contributed by atoms with Crippen molar-refractivity contribution in [1.82, 2.24) is 0 Å². The van der Waals surface area contributed by atoms with E-state index in [0.717, 1.165) is 12.0 Å². The first kappa shape index (κ1) is 18.0. The number of hydrogen-bond donors (Lipinski definition) is 1. The van der Waals surface area contributed by atoms with Crippen molar-refractivity contribution >= 4 is 0 Å². The Bertz CT molecular complexity index is 297. The summed E-state index contributed by atoms with van der Waals surface area (Å²) < 4.78 is 4.25. The van der Waals surface area contributed by atoms with Gasteiger partial charge < -0.3 is 9.84 Å². The molecule has 1 aromatic carbocycles. The molecule has 19 heavy (non-hydrogen) atoms. The summed E-state index contributed by atoms with van der Waals surface area (Å²) in [6.45, 7) is 2.25. The fraction of sp³-hybridized carbons (Fsp3) is 0.647. The number of benzene rings is 1. The van der Waals surface area contributed by atoms with Gasteiger partial charge in [0.05, 0.1) is 0 Å². The maximum atomic E-state index is 9.58. The molecule has 0 aliphatic heterocycles. The zero-order valence-corrected chi connectivity index (χ0v) is 12.8. The normalized spacial score (nSPS) is 9.84. The SMILES string of the molecule is CCCCCCCCCc1ccccc1O.COC. The van der Waals surface area contributed by atoms with Crippen molar-refractivity contribution in [3.05, 3.63) is 29.8 Å².